The molecule has 0 saturated carbocycles. The third-order valence-electron chi connectivity index (χ3n) is 17.9. The van der Waals surface area contributed by atoms with Crippen molar-refractivity contribution in [3.05, 3.63) is 277 Å². The summed E-state index contributed by atoms with van der Waals surface area (Å²) in [7, 11) is 0. The topological polar surface area (TPSA) is 0 Å². The van der Waals surface area contributed by atoms with Crippen LogP contribution in [0.3, 0.4) is 0 Å². The van der Waals surface area contributed by atoms with Gasteiger partial charge in [-0.2, -0.15) is 0 Å². The second-order valence-corrected chi connectivity index (χ2v) is 22.3. The van der Waals surface area contributed by atoms with Crippen LogP contribution in [0.5, 0.6) is 0 Å². The minimum Gasteiger partial charge on any atom is -0.0622 e. The quantitative estimate of drug-likeness (QED) is 0.149. The molecular weight excluding hydrogens is 961 g/mol. The third-order valence-corrected chi connectivity index (χ3v) is 17.9. The van der Waals surface area contributed by atoms with Gasteiger partial charge in [0, 0.05) is 0 Å². The summed E-state index contributed by atoms with van der Waals surface area (Å²) in [6.45, 7) is 8.99. The lowest BCUT2D eigenvalue weighted by Gasteiger charge is -2.22. The molecule has 0 N–H and O–H groups in total. The number of rotatable bonds is 7. The highest BCUT2D eigenvalue weighted by Gasteiger charge is 2.34. The van der Waals surface area contributed by atoms with Crippen LogP contribution in [-0.2, 0) is 0 Å². The fourth-order valence-corrected chi connectivity index (χ4v) is 14.6. The minimum absolute atomic E-state index is 1.20. The van der Waals surface area contributed by atoms with Crippen LogP contribution < -0.4 is 0 Å². The molecule has 14 aromatic carbocycles. The summed E-state index contributed by atoms with van der Waals surface area (Å²) >= 11 is 0. The zero-order chi connectivity index (χ0) is 53.3. The van der Waals surface area contributed by atoms with Gasteiger partial charge in [-0.15, -0.1) is 0 Å². The number of hydrogen-bond acceptors (Lipinski definition) is 0. The predicted octanol–water partition coefficient (Wildman–Crippen LogP) is 22.5. The minimum atomic E-state index is 1.20. The second kappa shape index (κ2) is 17.8. The highest BCUT2D eigenvalue weighted by molar-refractivity contribution is 6.31. The predicted molar refractivity (Wildman–Crippen MR) is 342 cm³/mol. The fourth-order valence-electron chi connectivity index (χ4n) is 14.6. The maximum absolute atomic E-state index is 2.52. The van der Waals surface area contributed by atoms with Crippen molar-refractivity contribution in [2.45, 2.75) is 27.7 Å². The van der Waals surface area contributed by atoms with Crippen LogP contribution in [0.25, 0.3) is 165 Å². The van der Waals surface area contributed by atoms with Gasteiger partial charge in [0.05, 0.1) is 0 Å². The van der Waals surface area contributed by atoms with Crippen LogP contribution in [0.1, 0.15) is 22.3 Å². The van der Waals surface area contributed by atoms with Crippen LogP contribution in [0, 0.1) is 27.7 Å². The third kappa shape index (κ3) is 6.69. The molecule has 0 heterocycles. The fraction of sp³-hybridized carbons (Fsp3) is 0.0500. The average Bonchev–Trinajstić information content (AvgIpc) is 4.23. The van der Waals surface area contributed by atoms with Crippen LogP contribution in [-0.4, -0.2) is 0 Å². The van der Waals surface area contributed by atoms with E-state index in [1.165, 1.54) is 188 Å². The van der Waals surface area contributed by atoms with Gasteiger partial charge in [-0.1, -0.05) is 243 Å². The van der Waals surface area contributed by atoms with Crippen molar-refractivity contribution in [1.82, 2.24) is 0 Å². The Hall–Kier alpha value is -9.88. The Labute approximate surface area is 467 Å². The van der Waals surface area contributed by atoms with Crippen LogP contribution in [0.15, 0.2) is 255 Å². The van der Waals surface area contributed by atoms with E-state index in [9.17, 15) is 0 Å². The first kappa shape index (κ1) is 46.2. The van der Waals surface area contributed by atoms with Gasteiger partial charge in [0.1, 0.15) is 0 Å². The molecule has 14 aromatic rings. The van der Waals surface area contributed by atoms with E-state index in [1.807, 2.05) is 0 Å². The molecule has 16 rings (SSSR count). The van der Waals surface area contributed by atoms with E-state index in [4.69, 9.17) is 0 Å². The summed E-state index contributed by atoms with van der Waals surface area (Å²) in [5.41, 5.74) is 33.2. The maximum Gasteiger partial charge on any atom is -0.000741 e. The molecule has 80 heavy (non-hydrogen) atoms. The van der Waals surface area contributed by atoms with E-state index in [0.29, 0.717) is 0 Å². The standard InChI is InChI=1S/C80H54/c1-47-21-17-22-48(2)69(47)56-38-40-62-68(46-56)74(54-31-15-8-16-32-54)77-63-35-19-33-58-57(41-43-65(75(58)63)79(77)72(62)52-27-11-6-12-28-52)55-37-39-61-67(45-55)73(53-29-13-7-14-30-53)78-64-36-20-34-59-60(70-49(3)23-18-24-50(70)4)42-44-66(76(59)64)80(78)71(61)51-25-9-5-10-26-51/h5-46H,1-4H3. The van der Waals surface area contributed by atoms with Crippen molar-refractivity contribution in [3.63, 3.8) is 0 Å². The van der Waals surface area contributed by atoms with Gasteiger partial charge in [-0.05, 0) is 228 Å². The Morgan fingerprint density at radius 3 is 0.925 bits per heavy atom. The van der Waals surface area contributed by atoms with E-state index >= 15 is 0 Å². The van der Waals surface area contributed by atoms with Gasteiger partial charge in [0.15, 0.2) is 0 Å². The molecule has 0 fully saturated rings. The summed E-state index contributed by atoms with van der Waals surface area (Å²) in [6, 6.07) is 96.3. The number of fused-ring (bicyclic) bond motifs is 8. The molecule has 0 atom stereocenters. The zero-order valence-corrected chi connectivity index (χ0v) is 45.2. The molecule has 2 aliphatic rings. The van der Waals surface area contributed by atoms with Crippen molar-refractivity contribution in [1.29, 1.82) is 0 Å². The molecule has 0 amide bonds. The lowest BCUT2D eigenvalue weighted by molar-refractivity contribution is 1.38. The molecule has 2 aliphatic carbocycles. The molecule has 0 aliphatic heterocycles. The monoisotopic (exact) mass is 1010 g/mol. The first-order valence-electron chi connectivity index (χ1n) is 28.2. The van der Waals surface area contributed by atoms with E-state index < -0.39 is 0 Å². The van der Waals surface area contributed by atoms with Crippen molar-refractivity contribution >= 4 is 43.1 Å². The molecular formula is C80H54. The van der Waals surface area contributed by atoms with E-state index in [-0.39, 0.29) is 0 Å². The molecule has 374 valence electrons. The Kier molecular flexibility index (Phi) is 10.3. The first-order chi connectivity index (χ1) is 39.4. The van der Waals surface area contributed by atoms with Crippen LogP contribution in [0.2, 0.25) is 0 Å². The van der Waals surface area contributed by atoms with Crippen molar-refractivity contribution < 1.29 is 0 Å². The maximum atomic E-state index is 2.52. The molecule has 0 aromatic heterocycles. The highest BCUT2D eigenvalue weighted by Crippen LogP contribution is 2.61. The summed E-state index contributed by atoms with van der Waals surface area (Å²) in [5, 5.41) is 10.2. The van der Waals surface area contributed by atoms with E-state index in [0.717, 1.165) is 0 Å². The molecule has 0 unspecified atom stereocenters. The molecule has 0 nitrogen and oxygen atoms in total. The summed E-state index contributed by atoms with van der Waals surface area (Å²) in [5.74, 6) is 0. The Morgan fingerprint density at radius 2 is 0.487 bits per heavy atom. The number of aryl methyl sites for hydroxylation is 4. The summed E-state index contributed by atoms with van der Waals surface area (Å²) < 4.78 is 0. The lowest BCUT2D eigenvalue weighted by Crippen LogP contribution is -1.95. The van der Waals surface area contributed by atoms with Crippen molar-refractivity contribution in [3.8, 4) is 122 Å². The van der Waals surface area contributed by atoms with E-state index in [1.54, 1.807) is 0 Å². The molecule has 0 spiro atoms. The number of hydrogen-bond donors (Lipinski definition) is 0. The van der Waals surface area contributed by atoms with Gasteiger partial charge >= 0.3 is 0 Å². The van der Waals surface area contributed by atoms with Gasteiger partial charge in [-0.3, -0.25) is 0 Å². The van der Waals surface area contributed by atoms with E-state index in [2.05, 4.69) is 282 Å². The normalized spacial score (nSPS) is 12.0. The van der Waals surface area contributed by atoms with Gasteiger partial charge in [-0.25, -0.2) is 0 Å². The van der Waals surface area contributed by atoms with Crippen LogP contribution >= 0.6 is 0 Å². The smallest absolute Gasteiger partial charge is 0.000741 e. The second-order valence-electron chi connectivity index (χ2n) is 22.3. The lowest BCUT2D eigenvalue weighted by atomic mass is 9.81. The van der Waals surface area contributed by atoms with Gasteiger partial charge in [0.25, 0.3) is 0 Å². The SMILES string of the molecule is Cc1cccc(C)c1-c1ccc2c(-c3ccccc3)c3c(c(-c4ccccc4)c2c1)-c1cccc2c(-c4ccc5c(-c6ccccc6)c6c(c(-c7ccccc7)c5c4)-c4cccc5c(-c7c(C)cccc7C)ccc-6c45)ccc-3c12. The summed E-state index contributed by atoms with van der Waals surface area (Å²) in [4.78, 5) is 0. The zero-order valence-electron chi connectivity index (χ0n) is 45.2. The Bertz CT molecular complexity index is 4890. The van der Waals surface area contributed by atoms with Gasteiger partial charge in [0.2, 0.25) is 0 Å². The molecule has 0 bridgehead atoms. The Balaban J connectivity index is 0.983. The average molecular weight is 1020 g/mol. The molecule has 0 saturated heterocycles. The van der Waals surface area contributed by atoms with Gasteiger partial charge < -0.3 is 0 Å². The Morgan fingerprint density at radius 1 is 0.163 bits per heavy atom. The number of benzene rings is 14. The van der Waals surface area contributed by atoms with Crippen molar-refractivity contribution in [2.75, 3.05) is 0 Å². The largest absolute Gasteiger partial charge is 0.0622 e. The first-order valence-corrected chi connectivity index (χ1v) is 28.2. The highest BCUT2D eigenvalue weighted by atomic mass is 14.4. The van der Waals surface area contributed by atoms with Crippen molar-refractivity contribution in [2.24, 2.45) is 0 Å². The summed E-state index contributed by atoms with van der Waals surface area (Å²) in [6.07, 6.45) is 0. The molecule has 0 radical (unpaired) electrons. The molecule has 0 heteroatoms. The van der Waals surface area contributed by atoms with Crippen LogP contribution in [0.4, 0.5) is 0 Å².